The summed E-state index contributed by atoms with van der Waals surface area (Å²) in [6.45, 7) is 4.89. The van der Waals surface area contributed by atoms with E-state index in [1.807, 2.05) is 13.8 Å². The van der Waals surface area contributed by atoms with Crippen molar-refractivity contribution in [2.24, 2.45) is 0 Å². The van der Waals surface area contributed by atoms with E-state index < -0.39 is 34.3 Å². The highest BCUT2D eigenvalue weighted by Gasteiger charge is 2.34. The molecular formula is C29H32Cl2FN3O4S. The van der Waals surface area contributed by atoms with Crippen molar-refractivity contribution in [3.05, 3.63) is 94.2 Å². The molecule has 0 heterocycles. The molecule has 3 aromatic rings. The van der Waals surface area contributed by atoms with Crippen LogP contribution >= 0.6 is 23.2 Å². The summed E-state index contributed by atoms with van der Waals surface area (Å²) in [7, 11) is -4.23. The first kappa shape index (κ1) is 31.4. The van der Waals surface area contributed by atoms with Crippen LogP contribution in [0.2, 0.25) is 10.0 Å². The van der Waals surface area contributed by atoms with E-state index in [9.17, 15) is 22.4 Å². The number of carbonyl (C=O) groups is 2. The maximum atomic E-state index is 14.0. The number of nitrogens with one attached hydrogen (secondary N) is 1. The Kier molecular flexibility index (Phi) is 11.0. The van der Waals surface area contributed by atoms with Crippen LogP contribution in [-0.2, 0) is 26.2 Å². The second kappa shape index (κ2) is 14.0. The van der Waals surface area contributed by atoms with Crippen molar-refractivity contribution in [1.29, 1.82) is 0 Å². The van der Waals surface area contributed by atoms with Gasteiger partial charge in [0.15, 0.2) is 0 Å². The summed E-state index contributed by atoms with van der Waals surface area (Å²) < 4.78 is 42.1. The van der Waals surface area contributed by atoms with Gasteiger partial charge in [-0.05, 0) is 67.8 Å². The van der Waals surface area contributed by atoms with Crippen LogP contribution in [0.5, 0.6) is 0 Å². The molecule has 0 radical (unpaired) electrons. The quantitative estimate of drug-likeness (QED) is 0.271. The van der Waals surface area contributed by atoms with E-state index >= 15 is 0 Å². The number of anilines is 1. The van der Waals surface area contributed by atoms with Gasteiger partial charge >= 0.3 is 0 Å². The lowest BCUT2D eigenvalue weighted by molar-refractivity contribution is -0.140. The summed E-state index contributed by atoms with van der Waals surface area (Å²) in [6, 6.07) is 16.5. The van der Waals surface area contributed by atoms with Crippen molar-refractivity contribution in [3.63, 3.8) is 0 Å². The number of hydrogen-bond donors (Lipinski definition) is 1. The molecule has 214 valence electrons. The molecule has 0 fully saturated rings. The minimum absolute atomic E-state index is 0.0273. The largest absolute Gasteiger partial charge is 0.352 e. The molecule has 2 atom stereocenters. The zero-order chi connectivity index (χ0) is 29.4. The molecule has 11 heteroatoms. The van der Waals surface area contributed by atoms with Crippen LogP contribution in [0.15, 0.2) is 77.7 Å². The Bertz CT molecular complexity index is 1420. The molecule has 0 aliphatic heterocycles. The van der Waals surface area contributed by atoms with Gasteiger partial charge in [0.05, 0.1) is 20.6 Å². The van der Waals surface area contributed by atoms with Crippen LogP contribution in [0.3, 0.4) is 0 Å². The highest BCUT2D eigenvalue weighted by atomic mass is 35.5. The molecule has 0 aromatic heterocycles. The van der Waals surface area contributed by atoms with E-state index in [1.165, 1.54) is 59.5 Å². The van der Waals surface area contributed by atoms with Crippen molar-refractivity contribution in [2.45, 2.75) is 57.1 Å². The van der Waals surface area contributed by atoms with Crippen LogP contribution in [0.4, 0.5) is 10.1 Å². The van der Waals surface area contributed by atoms with Crippen LogP contribution in [0, 0.1) is 5.82 Å². The Morgan fingerprint density at radius 3 is 2.15 bits per heavy atom. The predicted octanol–water partition coefficient (Wildman–Crippen LogP) is 6.05. The van der Waals surface area contributed by atoms with E-state index in [4.69, 9.17) is 23.2 Å². The third-order valence-corrected chi connectivity index (χ3v) is 8.98. The summed E-state index contributed by atoms with van der Waals surface area (Å²) in [5.74, 6) is -1.43. The van der Waals surface area contributed by atoms with Gasteiger partial charge in [-0.1, -0.05) is 67.4 Å². The number of sulfonamides is 1. The minimum atomic E-state index is -4.23. The molecule has 0 unspecified atom stereocenters. The maximum absolute atomic E-state index is 14.0. The molecule has 0 spiro atoms. The van der Waals surface area contributed by atoms with E-state index in [1.54, 1.807) is 25.1 Å². The molecule has 0 bridgehead atoms. The fraction of sp³-hybridized carbons (Fsp3) is 0.310. The molecule has 3 aromatic carbocycles. The third-order valence-electron chi connectivity index (χ3n) is 6.45. The lowest BCUT2D eigenvalue weighted by Crippen LogP contribution is -2.53. The van der Waals surface area contributed by atoms with Crippen LogP contribution in [0.1, 0.15) is 39.2 Å². The molecule has 7 nitrogen and oxygen atoms in total. The van der Waals surface area contributed by atoms with Gasteiger partial charge < -0.3 is 10.2 Å². The normalized spacial score (nSPS) is 12.8. The van der Waals surface area contributed by atoms with Gasteiger partial charge in [-0.15, -0.1) is 0 Å². The fourth-order valence-electron chi connectivity index (χ4n) is 4.04. The Morgan fingerprint density at radius 2 is 1.57 bits per heavy atom. The van der Waals surface area contributed by atoms with Gasteiger partial charge in [0, 0.05) is 12.6 Å². The zero-order valence-electron chi connectivity index (χ0n) is 22.5. The molecule has 40 heavy (non-hydrogen) atoms. The fourth-order valence-corrected chi connectivity index (χ4v) is 5.76. The van der Waals surface area contributed by atoms with Gasteiger partial charge in [-0.2, -0.15) is 0 Å². The zero-order valence-corrected chi connectivity index (χ0v) is 24.8. The van der Waals surface area contributed by atoms with Gasteiger partial charge in [0.1, 0.15) is 18.4 Å². The summed E-state index contributed by atoms with van der Waals surface area (Å²) in [4.78, 5) is 28.6. The van der Waals surface area contributed by atoms with E-state index in [0.29, 0.717) is 12.0 Å². The van der Waals surface area contributed by atoms with Crippen molar-refractivity contribution < 1.29 is 22.4 Å². The molecule has 2 amide bonds. The van der Waals surface area contributed by atoms with Gasteiger partial charge in [0.2, 0.25) is 11.8 Å². The Labute approximate surface area is 244 Å². The van der Waals surface area contributed by atoms with E-state index in [0.717, 1.165) is 4.31 Å². The number of nitrogens with zero attached hydrogens (tertiary/aromatic N) is 2. The first-order valence-corrected chi connectivity index (χ1v) is 15.0. The Balaban J connectivity index is 2.06. The number of amides is 2. The van der Waals surface area contributed by atoms with Crippen LogP contribution < -0.4 is 9.62 Å². The number of carbonyl (C=O) groups excluding carboxylic acids is 2. The van der Waals surface area contributed by atoms with Crippen molar-refractivity contribution in [1.82, 2.24) is 10.2 Å². The summed E-state index contributed by atoms with van der Waals surface area (Å²) in [6.07, 6.45) is 0.960. The summed E-state index contributed by atoms with van der Waals surface area (Å²) >= 11 is 12.3. The Hall–Kier alpha value is -3.14. The topological polar surface area (TPSA) is 86.8 Å². The third kappa shape index (κ3) is 7.74. The Morgan fingerprint density at radius 1 is 0.925 bits per heavy atom. The van der Waals surface area contributed by atoms with E-state index in [-0.39, 0.29) is 45.5 Å². The number of halogens is 3. The van der Waals surface area contributed by atoms with Gasteiger partial charge in [-0.3, -0.25) is 13.9 Å². The van der Waals surface area contributed by atoms with Crippen LogP contribution in [0.25, 0.3) is 0 Å². The first-order chi connectivity index (χ1) is 19.0. The predicted molar refractivity (Wildman–Crippen MR) is 156 cm³/mol. The van der Waals surface area contributed by atoms with Crippen LogP contribution in [-0.4, -0.2) is 43.8 Å². The second-order valence-corrected chi connectivity index (χ2v) is 12.0. The number of hydrogen-bond acceptors (Lipinski definition) is 4. The smallest absolute Gasteiger partial charge is 0.264 e. The summed E-state index contributed by atoms with van der Waals surface area (Å²) in [5, 5.41) is 3.24. The van der Waals surface area contributed by atoms with Crippen molar-refractivity contribution in [2.75, 3.05) is 10.8 Å². The summed E-state index contributed by atoms with van der Waals surface area (Å²) in [5.41, 5.74) is 0.710. The second-order valence-electron chi connectivity index (χ2n) is 9.31. The average Bonchev–Trinajstić information content (AvgIpc) is 2.94. The molecular weight excluding hydrogens is 576 g/mol. The molecule has 0 aliphatic rings. The standard InChI is InChI=1S/C29H32Cl2FN3O4S/c1-4-20(3)33-29(37)27(5-2)34(18-21-11-13-22(32)14-12-21)28(36)19-35(23-15-16-25(30)26(31)17-23)40(38,39)24-9-7-6-8-10-24/h6-17,20,27H,4-5,18-19H2,1-3H3,(H,33,37)/t20-,27+/m0/s1. The number of rotatable bonds is 12. The highest BCUT2D eigenvalue weighted by molar-refractivity contribution is 7.92. The highest BCUT2D eigenvalue weighted by Crippen LogP contribution is 2.31. The first-order valence-electron chi connectivity index (χ1n) is 12.8. The van der Waals surface area contributed by atoms with Gasteiger partial charge in [-0.25, -0.2) is 12.8 Å². The minimum Gasteiger partial charge on any atom is -0.352 e. The SMILES string of the molecule is CC[C@H](C(=O)N[C@@H](C)CC)N(Cc1ccc(F)cc1)C(=O)CN(c1ccc(Cl)c(Cl)c1)S(=O)(=O)c1ccccc1. The molecule has 0 saturated heterocycles. The van der Waals surface area contributed by atoms with Gasteiger partial charge in [0.25, 0.3) is 10.0 Å². The molecule has 1 N–H and O–H groups in total. The van der Waals surface area contributed by atoms with Crippen molar-refractivity contribution in [3.8, 4) is 0 Å². The molecule has 0 saturated carbocycles. The molecule has 0 aliphatic carbocycles. The monoisotopic (exact) mass is 607 g/mol. The lowest BCUT2D eigenvalue weighted by Gasteiger charge is -2.33. The average molecular weight is 609 g/mol. The van der Waals surface area contributed by atoms with Crippen molar-refractivity contribution >= 4 is 50.7 Å². The molecule has 3 rings (SSSR count). The van der Waals surface area contributed by atoms with E-state index in [2.05, 4.69) is 5.32 Å². The lowest BCUT2D eigenvalue weighted by atomic mass is 10.1. The number of benzene rings is 3. The maximum Gasteiger partial charge on any atom is 0.264 e.